The molecule has 0 saturated heterocycles. The molecule has 1 aromatic heterocycles. The monoisotopic (exact) mass is 635 g/mol. The Labute approximate surface area is 262 Å². The van der Waals surface area contributed by atoms with E-state index in [0.717, 1.165) is 21.9 Å². The van der Waals surface area contributed by atoms with Crippen LogP contribution in [0.4, 0.5) is 22.0 Å². The maximum Gasteiger partial charge on any atom is 0.411 e. The highest BCUT2D eigenvalue weighted by Crippen LogP contribution is 2.36. The van der Waals surface area contributed by atoms with Crippen LogP contribution in [0.25, 0.3) is 10.8 Å². The highest BCUT2D eigenvalue weighted by atomic mass is 35.5. The van der Waals surface area contributed by atoms with Gasteiger partial charge in [-0.3, -0.25) is 10.1 Å². The minimum Gasteiger partial charge on any atom is -0.449 e. The molecule has 3 aromatic carbocycles. The summed E-state index contributed by atoms with van der Waals surface area (Å²) in [5, 5.41) is 7.36. The number of halogens is 1. The number of pyridine rings is 1. The first-order valence-electron chi connectivity index (χ1n) is 14.2. The van der Waals surface area contributed by atoms with Gasteiger partial charge in [0, 0.05) is 42.5 Å². The van der Waals surface area contributed by atoms with E-state index in [4.69, 9.17) is 10.5 Å². The maximum atomic E-state index is 14.2. The van der Waals surface area contributed by atoms with Crippen LogP contribution in [0.2, 0.25) is 0 Å². The van der Waals surface area contributed by atoms with Crippen LogP contribution in [0, 0.1) is 0 Å². The molecule has 1 aliphatic carbocycles. The Balaban J connectivity index is 0.00000384. The zero-order chi connectivity index (χ0) is 30.3. The van der Waals surface area contributed by atoms with Gasteiger partial charge in [-0.25, -0.2) is 18.2 Å². The lowest BCUT2D eigenvalue weighted by Gasteiger charge is -2.27. The minimum atomic E-state index is -3.58. The largest absolute Gasteiger partial charge is 0.449 e. The van der Waals surface area contributed by atoms with E-state index in [2.05, 4.69) is 15.6 Å². The molecule has 44 heavy (non-hydrogen) atoms. The number of carbonyl (C=O) groups excluding carboxylic acids is 2. The van der Waals surface area contributed by atoms with E-state index < -0.39 is 27.2 Å². The van der Waals surface area contributed by atoms with Crippen LogP contribution in [0.1, 0.15) is 48.4 Å². The molecule has 6 rings (SSSR count). The van der Waals surface area contributed by atoms with Crippen molar-refractivity contribution in [1.82, 2.24) is 9.88 Å². The molecule has 1 fully saturated rings. The van der Waals surface area contributed by atoms with E-state index in [1.54, 1.807) is 25.4 Å². The quantitative estimate of drug-likeness (QED) is 0.261. The Morgan fingerprint density at radius 3 is 2.57 bits per heavy atom. The van der Waals surface area contributed by atoms with E-state index in [1.807, 2.05) is 55.5 Å². The van der Waals surface area contributed by atoms with Gasteiger partial charge < -0.3 is 20.7 Å². The summed E-state index contributed by atoms with van der Waals surface area (Å²) in [5.41, 5.74) is 9.18. The van der Waals surface area contributed by atoms with Crippen molar-refractivity contribution in [3.05, 3.63) is 89.6 Å². The van der Waals surface area contributed by atoms with Gasteiger partial charge in [0.15, 0.2) is 9.84 Å². The first-order chi connectivity index (χ1) is 20.6. The number of amides is 2. The number of nitrogen functional groups attached to an aromatic ring is 1. The summed E-state index contributed by atoms with van der Waals surface area (Å²) in [6.45, 7) is 2.07. The van der Waals surface area contributed by atoms with Gasteiger partial charge in [-0.05, 0) is 77.4 Å². The summed E-state index contributed by atoms with van der Waals surface area (Å²) in [6.07, 6.45) is 2.21. The molecule has 2 amide bonds. The number of anilines is 3. The van der Waals surface area contributed by atoms with Crippen LogP contribution in [0.3, 0.4) is 0 Å². The number of sulfone groups is 1. The predicted molar refractivity (Wildman–Crippen MR) is 173 cm³/mol. The van der Waals surface area contributed by atoms with Gasteiger partial charge in [-0.2, -0.15) is 0 Å². The van der Waals surface area contributed by atoms with Gasteiger partial charge in [0.2, 0.25) is 5.91 Å². The number of benzene rings is 3. The molecule has 0 radical (unpaired) electrons. The Morgan fingerprint density at radius 2 is 1.80 bits per heavy atom. The van der Waals surface area contributed by atoms with Crippen molar-refractivity contribution in [3.63, 3.8) is 0 Å². The first-order valence-corrected chi connectivity index (χ1v) is 15.7. The summed E-state index contributed by atoms with van der Waals surface area (Å²) in [6, 6.07) is 19.0. The number of cyclic esters (lactones) is 1. The Kier molecular flexibility index (Phi) is 8.71. The molecular weight excluding hydrogens is 602 g/mol. The van der Waals surface area contributed by atoms with Gasteiger partial charge in [-0.15, -0.1) is 12.4 Å². The molecule has 12 heteroatoms. The van der Waals surface area contributed by atoms with Gasteiger partial charge in [0.25, 0.3) is 0 Å². The third-order valence-corrected chi connectivity index (χ3v) is 10.4. The summed E-state index contributed by atoms with van der Waals surface area (Å²) in [5.74, 6) is 0.0152. The van der Waals surface area contributed by atoms with Gasteiger partial charge in [-0.1, -0.05) is 31.2 Å². The molecule has 2 heterocycles. The van der Waals surface area contributed by atoms with Crippen LogP contribution in [-0.4, -0.2) is 49.2 Å². The summed E-state index contributed by atoms with van der Waals surface area (Å²) < 4.78 is 32.2. The fourth-order valence-electron chi connectivity index (χ4n) is 5.41. The van der Waals surface area contributed by atoms with Crippen molar-refractivity contribution in [2.75, 3.05) is 30.0 Å². The molecule has 1 aliphatic heterocycles. The normalized spacial score (nSPS) is 19.2. The fourth-order valence-corrected chi connectivity index (χ4v) is 7.27. The second-order valence-corrected chi connectivity index (χ2v) is 13.5. The lowest BCUT2D eigenvalue weighted by Crippen LogP contribution is -2.35. The number of ether oxygens (including phenoxy) is 1. The van der Waals surface area contributed by atoms with E-state index in [9.17, 15) is 18.0 Å². The van der Waals surface area contributed by atoms with Crippen molar-refractivity contribution < 1.29 is 22.7 Å². The molecular formula is C32H34ClN5O5S. The minimum absolute atomic E-state index is 0. The Morgan fingerprint density at radius 1 is 1.02 bits per heavy atom. The van der Waals surface area contributed by atoms with Crippen LogP contribution >= 0.6 is 12.4 Å². The van der Waals surface area contributed by atoms with Crippen molar-refractivity contribution in [1.29, 1.82) is 0 Å². The second-order valence-electron chi connectivity index (χ2n) is 11.3. The van der Waals surface area contributed by atoms with Crippen LogP contribution in [-0.2, 0) is 25.9 Å². The molecule has 4 aromatic rings. The SMILES string of the molecule is C[C@@H]1COC(=O)Nc2ccc(S(=O)(=O)C3CC3)c(c2)CN(C)C(=O)[C@H](Nc2ccc3c(N)nccc3c2)c2cccc1c2.Cl. The lowest BCUT2D eigenvalue weighted by molar-refractivity contribution is -0.131. The molecule has 4 bridgehead atoms. The highest BCUT2D eigenvalue weighted by Gasteiger charge is 2.38. The predicted octanol–water partition coefficient (Wildman–Crippen LogP) is 5.65. The number of aromatic nitrogens is 1. The third-order valence-electron chi connectivity index (χ3n) is 7.99. The average Bonchev–Trinajstić information content (AvgIpc) is 3.85. The molecule has 0 spiro atoms. The van der Waals surface area contributed by atoms with Gasteiger partial charge >= 0.3 is 6.09 Å². The number of carbonyl (C=O) groups is 2. The van der Waals surface area contributed by atoms with Crippen molar-refractivity contribution in [2.24, 2.45) is 0 Å². The van der Waals surface area contributed by atoms with Crippen molar-refractivity contribution in [2.45, 2.75) is 48.4 Å². The topological polar surface area (TPSA) is 144 Å². The highest BCUT2D eigenvalue weighted by molar-refractivity contribution is 7.92. The Bertz CT molecular complexity index is 1850. The third kappa shape index (κ3) is 6.29. The zero-order valence-electron chi connectivity index (χ0n) is 24.3. The molecule has 2 atom stereocenters. The van der Waals surface area contributed by atoms with E-state index in [1.165, 1.54) is 11.0 Å². The van der Waals surface area contributed by atoms with E-state index in [0.29, 0.717) is 35.6 Å². The zero-order valence-corrected chi connectivity index (χ0v) is 26.0. The summed E-state index contributed by atoms with van der Waals surface area (Å²) in [7, 11) is -1.93. The van der Waals surface area contributed by atoms with Crippen LogP contribution in [0.5, 0.6) is 0 Å². The second kappa shape index (κ2) is 12.3. The van der Waals surface area contributed by atoms with Crippen molar-refractivity contribution in [3.8, 4) is 0 Å². The number of hydrogen-bond donors (Lipinski definition) is 3. The smallest absolute Gasteiger partial charge is 0.411 e. The van der Waals surface area contributed by atoms with Gasteiger partial charge in [0.1, 0.15) is 11.9 Å². The number of likely N-dealkylation sites (N-methyl/N-ethyl adjacent to an activating group) is 1. The molecule has 1 saturated carbocycles. The molecule has 10 nitrogen and oxygen atoms in total. The van der Waals surface area contributed by atoms with Crippen molar-refractivity contribution >= 4 is 62.2 Å². The number of nitrogens with zero attached hydrogens (tertiary/aromatic N) is 2. The first kappa shape index (κ1) is 31.1. The number of rotatable bonds is 4. The maximum absolute atomic E-state index is 14.2. The number of fused-ring (bicyclic) bond motifs is 5. The van der Waals surface area contributed by atoms with Crippen LogP contribution < -0.4 is 16.4 Å². The summed E-state index contributed by atoms with van der Waals surface area (Å²) in [4.78, 5) is 32.7. The lowest BCUT2D eigenvalue weighted by atomic mass is 9.96. The van der Waals surface area contributed by atoms with Crippen LogP contribution in [0.15, 0.2) is 77.8 Å². The number of nitrogens with one attached hydrogen (secondary N) is 2. The molecule has 4 N–H and O–H groups in total. The fraction of sp³-hybridized carbons (Fsp3) is 0.281. The Hall–Kier alpha value is -4.35. The summed E-state index contributed by atoms with van der Waals surface area (Å²) >= 11 is 0. The molecule has 2 aliphatic rings. The van der Waals surface area contributed by atoms with E-state index >= 15 is 0 Å². The molecule has 0 unspecified atom stereocenters. The number of hydrogen-bond acceptors (Lipinski definition) is 8. The van der Waals surface area contributed by atoms with E-state index in [-0.39, 0.29) is 42.3 Å². The van der Waals surface area contributed by atoms with Gasteiger partial charge in [0.05, 0.1) is 16.8 Å². The molecule has 230 valence electrons. The number of nitrogens with two attached hydrogens (primary N) is 1. The average molecular weight is 636 g/mol. The standard InChI is InChI=1S/C32H33N5O5S.ClH/c1-19-18-42-32(39)36-25-7-11-28(43(40,41)26-8-9-26)23(16-25)17-37(2)31(38)29(22-5-3-4-20(19)14-22)35-24-6-10-27-21(15-24)12-13-34-30(27)33;/h3-7,10-16,19,26,29,35H,8-9,17-18H2,1-2H3,(H2,33,34)(H,36,39);1H/t19-,29-;/m1./s1.